The molecule has 1 heterocycles. The van der Waals surface area contributed by atoms with Crippen molar-refractivity contribution in [2.24, 2.45) is 0 Å². The molecule has 0 radical (unpaired) electrons. The summed E-state index contributed by atoms with van der Waals surface area (Å²) >= 11 is 0. The fraction of sp³-hybridized carbons (Fsp3) is 0.0909. The van der Waals surface area contributed by atoms with Gasteiger partial charge in [-0.05, 0) is 24.3 Å². The molecule has 0 unspecified atom stereocenters. The number of aromatic nitrogens is 1. The Labute approximate surface area is 89.7 Å². The minimum Gasteiger partial charge on any atom is -0.428 e. The maximum absolute atomic E-state index is 12.7. The molecule has 0 spiro atoms. The second kappa shape index (κ2) is 4.22. The van der Waals surface area contributed by atoms with Crippen molar-refractivity contribution in [3.05, 3.63) is 36.0 Å². The largest absolute Gasteiger partial charge is 0.428 e. The van der Waals surface area contributed by atoms with Gasteiger partial charge in [0, 0.05) is 17.1 Å². The van der Waals surface area contributed by atoms with E-state index in [2.05, 4.69) is 9.72 Å². The minimum atomic E-state index is -2.61. The van der Waals surface area contributed by atoms with Crippen molar-refractivity contribution < 1.29 is 18.3 Å². The quantitative estimate of drug-likeness (QED) is 0.751. The van der Waals surface area contributed by atoms with Gasteiger partial charge in [0.1, 0.15) is 5.75 Å². The Hall–Kier alpha value is -2.04. The molecule has 0 fully saturated rings. The summed E-state index contributed by atoms with van der Waals surface area (Å²) in [6.45, 7) is 0.254. The normalized spacial score (nSPS) is 10.7. The Balaban J connectivity index is 2.71. The summed E-state index contributed by atoms with van der Waals surface area (Å²) in [6, 6.07) is 5.71. The first-order valence-corrected chi connectivity index (χ1v) is 4.50. The number of rotatable bonds is 3. The van der Waals surface area contributed by atoms with Gasteiger partial charge in [0.25, 0.3) is 12.9 Å². The predicted molar refractivity (Wildman–Crippen MR) is 53.4 cm³/mol. The van der Waals surface area contributed by atoms with Crippen molar-refractivity contribution in [3.63, 3.8) is 0 Å². The highest BCUT2D eigenvalue weighted by Crippen LogP contribution is 2.31. The van der Waals surface area contributed by atoms with Crippen molar-refractivity contribution in [3.8, 4) is 5.75 Å². The van der Waals surface area contributed by atoms with Gasteiger partial charge in [0.15, 0.2) is 0 Å². The Morgan fingerprint density at radius 3 is 2.81 bits per heavy atom. The first-order valence-electron chi connectivity index (χ1n) is 4.50. The lowest BCUT2D eigenvalue weighted by Crippen LogP contribution is -1.94. The van der Waals surface area contributed by atoms with Crippen LogP contribution in [0.5, 0.6) is 5.75 Å². The highest BCUT2D eigenvalue weighted by atomic mass is 19.3. The van der Waals surface area contributed by atoms with Crippen LogP contribution in [-0.2, 0) is 4.79 Å². The smallest absolute Gasteiger partial charge is 0.298 e. The number of halogens is 2. The molecule has 2 aromatic rings. The molecule has 0 aliphatic rings. The van der Waals surface area contributed by atoms with Crippen LogP contribution in [-0.4, -0.2) is 11.5 Å². The van der Waals surface area contributed by atoms with Crippen LogP contribution in [0.25, 0.3) is 10.9 Å². The molecule has 16 heavy (non-hydrogen) atoms. The lowest BCUT2D eigenvalue weighted by Gasteiger charge is -2.07. The van der Waals surface area contributed by atoms with Crippen LogP contribution in [0.2, 0.25) is 0 Å². The van der Waals surface area contributed by atoms with Gasteiger partial charge in [-0.15, -0.1) is 0 Å². The number of carbonyl (C=O) groups is 1. The molecule has 0 N–H and O–H groups in total. The molecule has 5 heteroatoms. The summed E-state index contributed by atoms with van der Waals surface area (Å²) in [6.07, 6.45) is -1.19. The third kappa shape index (κ3) is 1.71. The number of ether oxygens (including phenoxy) is 1. The zero-order chi connectivity index (χ0) is 11.5. The van der Waals surface area contributed by atoms with Crippen LogP contribution in [0.15, 0.2) is 30.5 Å². The number of pyridine rings is 1. The fourth-order valence-corrected chi connectivity index (χ4v) is 1.50. The molecule has 0 saturated heterocycles. The van der Waals surface area contributed by atoms with Gasteiger partial charge in [-0.3, -0.25) is 9.78 Å². The number of hydrogen-bond acceptors (Lipinski definition) is 3. The van der Waals surface area contributed by atoms with Crippen molar-refractivity contribution in [2.75, 3.05) is 0 Å². The maximum atomic E-state index is 12.7. The Morgan fingerprint density at radius 2 is 2.12 bits per heavy atom. The average Bonchev–Trinajstić information content (AvgIpc) is 2.29. The molecular weight excluding hydrogens is 216 g/mol. The van der Waals surface area contributed by atoms with E-state index in [9.17, 15) is 13.6 Å². The van der Waals surface area contributed by atoms with Crippen LogP contribution in [0.3, 0.4) is 0 Å². The zero-order valence-electron chi connectivity index (χ0n) is 8.06. The van der Waals surface area contributed by atoms with E-state index in [0.29, 0.717) is 5.39 Å². The molecule has 0 amide bonds. The molecule has 3 nitrogen and oxygen atoms in total. The molecular formula is C11H7F2NO2. The van der Waals surface area contributed by atoms with Crippen molar-refractivity contribution in [1.82, 2.24) is 4.98 Å². The van der Waals surface area contributed by atoms with E-state index >= 15 is 0 Å². The molecule has 82 valence electrons. The molecule has 0 saturated carbocycles. The van der Waals surface area contributed by atoms with E-state index in [-0.39, 0.29) is 23.3 Å². The summed E-state index contributed by atoms with van der Waals surface area (Å²) in [7, 11) is 0. The number of carbonyl (C=O) groups excluding carboxylic acids is 1. The second-order valence-corrected chi connectivity index (χ2v) is 3.07. The van der Waals surface area contributed by atoms with Gasteiger partial charge in [-0.1, -0.05) is 0 Å². The highest BCUT2D eigenvalue weighted by Gasteiger charge is 2.14. The molecule has 0 bridgehead atoms. The Morgan fingerprint density at radius 1 is 1.31 bits per heavy atom. The minimum absolute atomic E-state index is 0.150. The number of benzene rings is 1. The summed E-state index contributed by atoms with van der Waals surface area (Å²) in [5.74, 6) is 0.225. The molecule has 1 aromatic heterocycles. The first-order chi connectivity index (χ1) is 7.74. The van der Waals surface area contributed by atoms with Crippen molar-refractivity contribution in [1.29, 1.82) is 0 Å². The van der Waals surface area contributed by atoms with Gasteiger partial charge in [0.2, 0.25) is 0 Å². The van der Waals surface area contributed by atoms with E-state index < -0.39 is 6.43 Å². The van der Waals surface area contributed by atoms with Gasteiger partial charge >= 0.3 is 0 Å². The topological polar surface area (TPSA) is 39.2 Å². The van der Waals surface area contributed by atoms with E-state index in [1.165, 1.54) is 18.3 Å². The summed E-state index contributed by atoms with van der Waals surface area (Å²) < 4.78 is 30.0. The van der Waals surface area contributed by atoms with Gasteiger partial charge in [-0.2, -0.15) is 0 Å². The number of fused-ring (bicyclic) bond motifs is 1. The Bertz CT molecular complexity index is 528. The molecule has 2 rings (SSSR count). The third-order valence-corrected chi connectivity index (χ3v) is 2.17. The third-order valence-electron chi connectivity index (χ3n) is 2.17. The molecule has 0 aliphatic heterocycles. The van der Waals surface area contributed by atoms with Crippen LogP contribution in [0, 0.1) is 0 Å². The Kier molecular flexibility index (Phi) is 2.76. The van der Waals surface area contributed by atoms with E-state index in [1.807, 2.05) is 0 Å². The predicted octanol–water partition coefficient (Wildman–Crippen LogP) is 2.71. The monoisotopic (exact) mass is 223 g/mol. The summed E-state index contributed by atoms with van der Waals surface area (Å²) in [5.41, 5.74) is -0.0225. The lowest BCUT2D eigenvalue weighted by atomic mass is 10.1. The molecule has 0 aliphatic carbocycles. The summed E-state index contributed by atoms with van der Waals surface area (Å²) in [5, 5.41) is 0.396. The first kappa shape index (κ1) is 10.5. The lowest BCUT2D eigenvalue weighted by molar-refractivity contribution is -0.120. The van der Waals surface area contributed by atoms with Gasteiger partial charge < -0.3 is 4.74 Å². The van der Waals surface area contributed by atoms with Crippen LogP contribution >= 0.6 is 0 Å². The average molecular weight is 223 g/mol. The highest BCUT2D eigenvalue weighted by molar-refractivity contribution is 5.88. The second-order valence-electron chi connectivity index (χ2n) is 3.07. The van der Waals surface area contributed by atoms with Gasteiger partial charge in [0.05, 0.1) is 5.52 Å². The van der Waals surface area contributed by atoms with E-state index in [4.69, 9.17) is 0 Å². The standard InChI is InChI=1S/C11H7F2NO2/c12-11(13)8-3-4-9(16-6-15)7-2-1-5-14-10(7)8/h1-6,11H. The van der Waals surface area contributed by atoms with Crippen LogP contribution < -0.4 is 4.74 Å². The van der Waals surface area contributed by atoms with E-state index in [1.54, 1.807) is 12.1 Å². The number of nitrogens with zero attached hydrogens (tertiary/aromatic N) is 1. The van der Waals surface area contributed by atoms with Crippen LogP contribution in [0.1, 0.15) is 12.0 Å². The SMILES string of the molecule is O=COc1ccc(C(F)F)c2ncccc12. The molecule has 1 aromatic carbocycles. The van der Waals surface area contributed by atoms with Gasteiger partial charge in [-0.25, -0.2) is 8.78 Å². The van der Waals surface area contributed by atoms with E-state index in [0.717, 1.165) is 0 Å². The number of alkyl halides is 2. The van der Waals surface area contributed by atoms with Crippen LogP contribution in [0.4, 0.5) is 8.78 Å². The van der Waals surface area contributed by atoms with Crippen molar-refractivity contribution in [2.45, 2.75) is 6.43 Å². The van der Waals surface area contributed by atoms with Crippen molar-refractivity contribution >= 4 is 17.4 Å². The zero-order valence-corrected chi connectivity index (χ0v) is 8.06. The number of hydrogen-bond donors (Lipinski definition) is 0. The fourth-order valence-electron chi connectivity index (χ4n) is 1.50. The molecule has 0 atom stereocenters. The summed E-state index contributed by atoms with van der Waals surface area (Å²) in [4.78, 5) is 14.1. The maximum Gasteiger partial charge on any atom is 0.298 e.